The highest BCUT2D eigenvalue weighted by molar-refractivity contribution is 7.88. The van der Waals surface area contributed by atoms with Gasteiger partial charge in [-0.25, -0.2) is 12.7 Å². The monoisotopic (exact) mass is 344 g/mol. The van der Waals surface area contributed by atoms with Gasteiger partial charge in [0.1, 0.15) is 0 Å². The van der Waals surface area contributed by atoms with Crippen molar-refractivity contribution in [2.45, 2.75) is 58.0 Å². The maximum atomic E-state index is 11.7. The molecule has 2 saturated heterocycles. The second-order valence-corrected chi connectivity index (χ2v) is 10.2. The smallest absolute Gasteiger partial charge is 0.211 e. The van der Waals surface area contributed by atoms with Crippen LogP contribution in [0, 0.1) is 11.3 Å². The van der Waals surface area contributed by atoms with E-state index >= 15 is 0 Å². The fourth-order valence-corrected chi connectivity index (χ4v) is 5.11. The Hall–Kier alpha value is -0.170. The van der Waals surface area contributed by atoms with Crippen molar-refractivity contribution in [1.29, 1.82) is 0 Å². The van der Waals surface area contributed by atoms with E-state index in [2.05, 4.69) is 18.7 Å². The third-order valence-electron chi connectivity index (χ3n) is 5.93. The van der Waals surface area contributed by atoms with Crippen LogP contribution >= 0.6 is 0 Å². The normalized spacial score (nSPS) is 29.7. The number of hydrogen-bond acceptors (Lipinski definition) is 4. The summed E-state index contributed by atoms with van der Waals surface area (Å²) in [5.74, 6) is 0.816. The highest BCUT2D eigenvalue weighted by Crippen LogP contribution is 2.44. The van der Waals surface area contributed by atoms with E-state index in [-0.39, 0.29) is 0 Å². The molecular formula is C17H32N2O3S. The van der Waals surface area contributed by atoms with Gasteiger partial charge in [-0.3, -0.25) is 4.90 Å². The zero-order valence-corrected chi connectivity index (χ0v) is 15.6. The van der Waals surface area contributed by atoms with Crippen LogP contribution < -0.4 is 0 Å². The first-order valence-electron chi connectivity index (χ1n) is 9.08. The lowest BCUT2D eigenvalue weighted by Gasteiger charge is -2.38. The molecule has 6 heteroatoms. The first-order chi connectivity index (χ1) is 10.8. The van der Waals surface area contributed by atoms with Gasteiger partial charge in [0.25, 0.3) is 0 Å². The van der Waals surface area contributed by atoms with Crippen LogP contribution in [0.1, 0.15) is 46.0 Å². The molecule has 0 amide bonds. The number of ether oxygens (including phenoxy) is 1. The third kappa shape index (κ3) is 4.27. The Morgan fingerprint density at radius 1 is 1.17 bits per heavy atom. The Morgan fingerprint density at radius 2 is 1.83 bits per heavy atom. The van der Waals surface area contributed by atoms with Gasteiger partial charge in [0.05, 0.1) is 12.9 Å². The van der Waals surface area contributed by atoms with E-state index in [4.69, 9.17) is 4.74 Å². The van der Waals surface area contributed by atoms with Crippen molar-refractivity contribution in [1.82, 2.24) is 9.21 Å². The minimum Gasteiger partial charge on any atom is -0.380 e. The lowest BCUT2D eigenvalue weighted by molar-refractivity contribution is 0.0601. The zero-order valence-electron chi connectivity index (χ0n) is 14.8. The zero-order chi connectivity index (χ0) is 16.7. The van der Waals surface area contributed by atoms with E-state index in [1.54, 1.807) is 4.31 Å². The molecule has 1 atom stereocenters. The van der Waals surface area contributed by atoms with Crippen molar-refractivity contribution in [3.63, 3.8) is 0 Å². The molecule has 0 bridgehead atoms. The predicted octanol–water partition coefficient (Wildman–Crippen LogP) is 1.94. The van der Waals surface area contributed by atoms with E-state index < -0.39 is 10.0 Å². The molecule has 1 spiro atoms. The molecule has 0 aromatic rings. The van der Waals surface area contributed by atoms with Crippen molar-refractivity contribution >= 4 is 10.0 Å². The fourth-order valence-electron chi connectivity index (χ4n) is 4.27. The number of nitrogens with zero attached hydrogens (tertiary/aromatic N) is 2. The summed E-state index contributed by atoms with van der Waals surface area (Å²) < 4.78 is 31.1. The summed E-state index contributed by atoms with van der Waals surface area (Å²) in [7, 11) is -3.04. The molecule has 1 unspecified atom stereocenters. The fraction of sp³-hybridized carbons (Fsp3) is 1.00. The molecule has 0 aromatic carbocycles. The Balaban J connectivity index is 1.58. The molecule has 3 fully saturated rings. The second kappa shape index (κ2) is 6.62. The van der Waals surface area contributed by atoms with Gasteiger partial charge in [-0.15, -0.1) is 0 Å². The van der Waals surface area contributed by atoms with Crippen LogP contribution in [0.15, 0.2) is 0 Å². The van der Waals surface area contributed by atoms with Crippen molar-refractivity contribution in [3.8, 4) is 0 Å². The molecule has 134 valence electrons. The van der Waals surface area contributed by atoms with Gasteiger partial charge in [-0.1, -0.05) is 0 Å². The molecule has 1 aliphatic carbocycles. The van der Waals surface area contributed by atoms with Crippen molar-refractivity contribution < 1.29 is 13.2 Å². The summed E-state index contributed by atoms with van der Waals surface area (Å²) in [4.78, 5) is 2.59. The van der Waals surface area contributed by atoms with E-state index in [1.807, 2.05) is 0 Å². The molecule has 2 aliphatic heterocycles. The van der Waals surface area contributed by atoms with Gasteiger partial charge < -0.3 is 4.74 Å². The summed E-state index contributed by atoms with van der Waals surface area (Å²) in [6.45, 7) is 8.75. The Bertz CT molecular complexity index is 508. The van der Waals surface area contributed by atoms with Crippen molar-refractivity contribution in [2.75, 3.05) is 39.1 Å². The predicted molar refractivity (Wildman–Crippen MR) is 91.9 cm³/mol. The lowest BCUT2D eigenvalue weighted by atomic mass is 9.77. The first-order valence-corrected chi connectivity index (χ1v) is 10.9. The van der Waals surface area contributed by atoms with Gasteiger partial charge in [0.15, 0.2) is 0 Å². The molecular weight excluding hydrogens is 312 g/mol. The van der Waals surface area contributed by atoms with Crippen LogP contribution in [0.5, 0.6) is 0 Å². The van der Waals surface area contributed by atoms with Crippen molar-refractivity contribution in [2.24, 2.45) is 11.3 Å². The summed E-state index contributed by atoms with van der Waals surface area (Å²) in [5, 5.41) is 0. The maximum absolute atomic E-state index is 11.7. The summed E-state index contributed by atoms with van der Waals surface area (Å²) in [6, 6.07) is 1.02. The molecule has 0 N–H and O–H groups in total. The average molecular weight is 345 g/mol. The highest BCUT2D eigenvalue weighted by Gasteiger charge is 2.47. The largest absolute Gasteiger partial charge is 0.380 e. The van der Waals surface area contributed by atoms with Gasteiger partial charge >= 0.3 is 0 Å². The molecule has 2 heterocycles. The topological polar surface area (TPSA) is 49.9 Å². The van der Waals surface area contributed by atoms with Gasteiger partial charge in [0.2, 0.25) is 10.0 Å². The SMILES string of the molecule is CC(C)N1CC2(CCN(S(C)(=O)=O)CC2)CC1COCC1CC1. The first kappa shape index (κ1) is 17.6. The maximum Gasteiger partial charge on any atom is 0.211 e. The number of piperidine rings is 1. The number of rotatable bonds is 6. The highest BCUT2D eigenvalue weighted by atomic mass is 32.2. The third-order valence-corrected chi connectivity index (χ3v) is 7.23. The van der Waals surface area contributed by atoms with E-state index in [1.165, 1.54) is 19.1 Å². The van der Waals surface area contributed by atoms with Gasteiger partial charge in [-0.2, -0.15) is 0 Å². The van der Waals surface area contributed by atoms with Crippen LogP contribution in [-0.4, -0.2) is 68.8 Å². The standard InChI is InChI=1S/C17H32N2O3S/c1-14(2)19-13-17(6-8-18(9-7-17)23(3,20)21)10-16(19)12-22-11-15-4-5-15/h14-16H,4-13H2,1-3H3. The summed E-state index contributed by atoms with van der Waals surface area (Å²) in [5.41, 5.74) is 0.291. The Morgan fingerprint density at radius 3 is 2.35 bits per heavy atom. The molecule has 5 nitrogen and oxygen atoms in total. The summed E-state index contributed by atoms with van der Waals surface area (Å²) in [6.07, 6.45) is 7.14. The number of sulfonamides is 1. The minimum atomic E-state index is -3.04. The van der Waals surface area contributed by atoms with Crippen LogP contribution in [0.2, 0.25) is 0 Å². The van der Waals surface area contributed by atoms with Gasteiger partial charge in [-0.05, 0) is 57.3 Å². The Kier molecular flexibility index (Phi) is 5.08. The van der Waals surface area contributed by atoms with E-state index in [0.717, 1.165) is 44.9 Å². The summed E-state index contributed by atoms with van der Waals surface area (Å²) >= 11 is 0. The quantitative estimate of drug-likeness (QED) is 0.739. The molecule has 23 heavy (non-hydrogen) atoms. The molecule has 0 radical (unpaired) electrons. The van der Waals surface area contributed by atoms with Crippen LogP contribution in [0.4, 0.5) is 0 Å². The number of hydrogen-bond donors (Lipinski definition) is 0. The lowest BCUT2D eigenvalue weighted by Crippen LogP contribution is -2.44. The molecule has 0 aromatic heterocycles. The van der Waals surface area contributed by atoms with E-state index in [9.17, 15) is 8.42 Å². The van der Waals surface area contributed by atoms with E-state index in [0.29, 0.717) is 30.6 Å². The van der Waals surface area contributed by atoms with Crippen LogP contribution in [0.25, 0.3) is 0 Å². The van der Waals surface area contributed by atoms with Gasteiger partial charge in [0, 0.05) is 38.3 Å². The molecule has 3 rings (SSSR count). The average Bonchev–Trinajstić information content (AvgIpc) is 3.21. The van der Waals surface area contributed by atoms with Crippen LogP contribution in [0.3, 0.4) is 0 Å². The Labute approximate surface area is 141 Å². The second-order valence-electron chi connectivity index (χ2n) is 8.27. The molecule has 3 aliphatic rings. The molecule has 1 saturated carbocycles. The minimum absolute atomic E-state index is 0.291. The van der Waals surface area contributed by atoms with Crippen molar-refractivity contribution in [3.05, 3.63) is 0 Å². The number of likely N-dealkylation sites (tertiary alicyclic amines) is 1. The van der Waals surface area contributed by atoms with Crippen LogP contribution in [-0.2, 0) is 14.8 Å².